The average molecular weight is 360 g/mol. The molecule has 2 aromatic carbocycles. The molecule has 5 heteroatoms. The maximum absolute atomic E-state index is 12.5. The summed E-state index contributed by atoms with van der Waals surface area (Å²) in [7, 11) is 0. The summed E-state index contributed by atoms with van der Waals surface area (Å²) in [5, 5.41) is 4.11. The number of nitrogens with one attached hydrogen (secondary N) is 1. The van der Waals surface area contributed by atoms with Gasteiger partial charge in [-0.3, -0.25) is 4.79 Å². The summed E-state index contributed by atoms with van der Waals surface area (Å²) in [6.45, 7) is 6.22. The van der Waals surface area contributed by atoms with Gasteiger partial charge in [0.2, 0.25) is 0 Å². The smallest absolute Gasteiger partial charge is 0.273 e. The van der Waals surface area contributed by atoms with Crippen molar-refractivity contribution in [2.24, 2.45) is 5.10 Å². The van der Waals surface area contributed by atoms with Gasteiger partial charge in [0, 0.05) is 31.2 Å². The van der Waals surface area contributed by atoms with Crippen molar-refractivity contribution in [3.8, 4) is 5.69 Å². The van der Waals surface area contributed by atoms with Gasteiger partial charge in [-0.25, -0.2) is 5.43 Å². The van der Waals surface area contributed by atoms with Crippen molar-refractivity contribution >= 4 is 17.8 Å². The van der Waals surface area contributed by atoms with Crippen LogP contribution in [0.1, 0.15) is 29.8 Å². The second-order valence-electron chi connectivity index (χ2n) is 6.07. The Kier molecular flexibility index (Phi) is 6.05. The molecule has 0 saturated heterocycles. The standard InChI is InChI=1S/C22H24N4O/c1-3-25(4-2)19-13-11-18(12-14-19)17-23-24-22(27)20-9-5-6-10-21(20)26-15-7-8-16-26/h5-17H,3-4H2,1-2H3,(H,24,27)/b23-17+. The van der Waals surface area contributed by atoms with Crippen LogP contribution in [0.5, 0.6) is 0 Å². The quantitative estimate of drug-likeness (QED) is 0.510. The number of carbonyl (C=O) groups is 1. The average Bonchev–Trinajstić information content (AvgIpc) is 3.25. The van der Waals surface area contributed by atoms with Crippen LogP contribution in [0.4, 0.5) is 5.69 Å². The van der Waals surface area contributed by atoms with Gasteiger partial charge in [0.05, 0.1) is 17.5 Å². The Morgan fingerprint density at radius 3 is 2.33 bits per heavy atom. The number of amides is 1. The van der Waals surface area contributed by atoms with Gasteiger partial charge in [-0.15, -0.1) is 0 Å². The molecule has 1 amide bonds. The zero-order valence-corrected chi connectivity index (χ0v) is 15.7. The van der Waals surface area contributed by atoms with Crippen molar-refractivity contribution in [1.29, 1.82) is 0 Å². The molecule has 0 spiro atoms. The van der Waals surface area contributed by atoms with Crippen molar-refractivity contribution in [2.45, 2.75) is 13.8 Å². The Hall–Kier alpha value is -3.34. The molecule has 27 heavy (non-hydrogen) atoms. The molecule has 0 aliphatic rings. The van der Waals surface area contributed by atoms with Crippen LogP contribution in [0.3, 0.4) is 0 Å². The minimum absolute atomic E-state index is 0.240. The minimum atomic E-state index is -0.240. The fourth-order valence-electron chi connectivity index (χ4n) is 2.97. The Morgan fingerprint density at radius 1 is 1.00 bits per heavy atom. The summed E-state index contributed by atoms with van der Waals surface area (Å²) in [6, 6.07) is 19.4. The van der Waals surface area contributed by atoms with Crippen molar-refractivity contribution in [3.05, 3.63) is 84.2 Å². The Bertz CT molecular complexity index is 894. The monoisotopic (exact) mass is 360 g/mol. The molecule has 0 unspecified atom stereocenters. The van der Waals surface area contributed by atoms with E-state index in [-0.39, 0.29) is 5.91 Å². The lowest BCUT2D eigenvalue weighted by atomic mass is 10.1. The van der Waals surface area contributed by atoms with Gasteiger partial charge in [0.25, 0.3) is 5.91 Å². The largest absolute Gasteiger partial charge is 0.372 e. The lowest BCUT2D eigenvalue weighted by Gasteiger charge is -2.20. The molecule has 1 aromatic heterocycles. The van der Waals surface area contributed by atoms with E-state index >= 15 is 0 Å². The number of carbonyl (C=O) groups excluding carboxylic acids is 1. The summed E-state index contributed by atoms with van der Waals surface area (Å²) in [5.74, 6) is -0.240. The van der Waals surface area contributed by atoms with E-state index in [1.165, 1.54) is 5.69 Å². The number of rotatable bonds is 7. The zero-order chi connectivity index (χ0) is 19.1. The van der Waals surface area contributed by atoms with Gasteiger partial charge < -0.3 is 9.47 Å². The van der Waals surface area contributed by atoms with Crippen molar-refractivity contribution in [2.75, 3.05) is 18.0 Å². The lowest BCUT2D eigenvalue weighted by Crippen LogP contribution is -2.21. The van der Waals surface area contributed by atoms with Gasteiger partial charge in [-0.1, -0.05) is 24.3 Å². The number of hydrogen-bond donors (Lipinski definition) is 1. The van der Waals surface area contributed by atoms with Crippen molar-refractivity contribution < 1.29 is 4.79 Å². The first-order chi connectivity index (χ1) is 13.2. The van der Waals surface area contributed by atoms with Crippen LogP contribution in [-0.2, 0) is 0 Å². The van der Waals surface area contributed by atoms with Gasteiger partial charge in [-0.2, -0.15) is 5.10 Å². The highest BCUT2D eigenvalue weighted by Crippen LogP contribution is 2.15. The first kappa shape index (κ1) is 18.5. The second kappa shape index (κ2) is 8.85. The SMILES string of the molecule is CCN(CC)c1ccc(/C=N/NC(=O)c2ccccc2-n2cccc2)cc1. The fourth-order valence-corrected chi connectivity index (χ4v) is 2.97. The minimum Gasteiger partial charge on any atom is -0.372 e. The molecule has 0 fully saturated rings. The zero-order valence-electron chi connectivity index (χ0n) is 15.7. The molecule has 0 aliphatic carbocycles. The first-order valence-electron chi connectivity index (χ1n) is 9.13. The van der Waals surface area contributed by atoms with E-state index in [0.29, 0.717) is 5.56 Å². The molecule has 5 nitrogen and oxygen atoms in total. The molecular formula is C22H24N4O. The molecule has 138 valence electrons. The molecule has 1 N–H and O–H groups in total. The molecule has 0 radical (unpaired) electrons. The van der Waals surface area contributed by atoms with E-state index in [0.717, 1.165) is 24.3 Å². The summed E-state index contributed by atoms with van der Waals surface area (Å²) >= 11 is 0. The Labute approximate surface area is 159 Å². The van der Waals surface area contributed by atoms with E-state index in [4.69, 9.17) is 0 Å². The third kappa shape index (κ3) is 4.44. The highest BCUT2D eigenvalue weighted by Gasteiger charge is 2.10. The maximum atomic E-state index is 12.5. The van der Waals surface area contributed by atoms with Crippen LogP contribution in [0.15, 0.2) is 78.2 Å². The number of para-hydroxylation sites is 1. The predicted octanol–water partition coefficient (Wildman–Crippen LogP) is 4.09. The van der Waals surface area contributed by atoms with E-state index in [9.17, 15) is 4.79 Å². The molecule has 1 heterocycles. The van der Waals surface area contributed by atoms with Gasteiger partial charge in [0.15, 0.2) is 0 Å². The van der Waals surface area contributed by atoms with Crippen LogP contribution in [-0.4, -0.2) is 29.8 Å². The normalized spacial score (nSPS) is 10.9. The second-order valence-corrected chi connectivity index (χ2v) is 6.07. The van der Waals surface area contributed by atoms with E-state index in [2.05, 4.69) is 41.4 Å². The number of benzene rings is 2. The summed E-state index contributed by atoms with van der Waals surface area (Å²) in [4.78, 5) is 14.8. The first-order valence-corrected chi connectivity index (χ1v) is 9.13. The number of anilines is 1. The van der Waals surface area contributed by atoms with Gasteiger partial charge in [0.1, 0.15) is 0 Å². The molecule has 0 saturated carbocycles. The van der Waals surface area contributed by atoms with E-state index in [1.807, 2.05) is 59.4 Å². The molecule has 0 atom stereocenters. The lowest BCUT2D eigenvalue weighted by molar-refractivity contribution is 0.0955. The third-order valence-electron chi connectivity index (χ3n) is 4.43. The number of hydrogen-bond acceptors (Lipinski definition) is 3. The summed E-state index contributed by atoms with van der Waals surface area (Å²) in [5.41, 5.74) is 6.12. The maximum Gasteiger partial charge on any atom is 0.273 e. The van der Waals surface area contributed by atoms with Crippen molar-refractivity contribution in [1.82, 2.24) is 9.99 Å². The molecule has 3 rings (SSSR count). The van der Waals surface area contributed by atoms with Crippen LogP contribution in [0.25, 0.3) is 5.69 Å². The van der Waals surface area contributed by atoms with Crippen LogP contribution < -0.4 is 10.3 Å². The van der Waals surface area contributed by atoms with Gasteiger partial charge in [-0.05, 0) is 55.8 Å². The topological polar surface area (TPSA) is 49.6 Å². The molecular weight excluding hydrogens is 336 g/mol. The van der Waals surface area contributed by atoms with Crippen LogP contribution in [0.2, 0.25) is 0 Å². The predicted molar refractivity (Wildman–Crippen MR) is 111 cm³/mol. The Morgan fingerprint density at radius 2 is 1.67 bits per heavy atom. The van der Waals surface area contributed by atoms with E-state index < -0.39 is 0 Å². The highest BCUT2D eigenvalue weighted by atomic mass is 16.2. The highest BCUT2D eigenvalue weighted by molar-refractivity contribution is 5.98. The molecule has 3 aromatic rings. The summed E-state index contributed by atoms with van der Waals surface area (Å²) in [6.07, 6.45) is 5.47. The number of aromatic nitrogens is 1. The van der Waals surface area contributed by atoms with E-state index in [1.54, 1.807) is 12.3 Å². The third-order valence-corrected chi connectivity index (χ3v) is 4.43. The fraction of sp³-hybridized carbons (Fsp3) is 0.182. The van der Waals surface area contributed by atoms with Crippen LogP contribution in [0, 0.1) is 0 Å². The van der Waals surface area contributed by atoms with Crippen LogP contribution >= 0.6 is 0 Å². The Balaban J connectivity index is 1.68. The van der Waals surface area contributed by atoms with Crippen molar-refractivity contribution in [3.63, 3.8) is 0 Å². The number of hydrazone groups is 1. The molecule has 0 aliphatic heterocycles. The van der Waals surface area contributed by atoms with Gasteiger partial charge >= 0.3 is 0 Å². The molecule has 0 bridgehead atoms. The number of nitrogens with zero attached hydrogens (tertiary/aromatic N) is 3. The summed E-state index contributed by atoms with van der Waals surface area (Å²) < 4.78 is 1.91.